The van der Waals surface area contributed by atoms with E-state index >= 15 is 0 Å². The first kappa shape index (κ1) is 16.3. The molecular formula is C17H22N4O3. The SMILES string of the molecule is COc1cc(OC)nc(N2CCC(COc3ccncc3)CC2)n1. The molecule has 3 heterocycles. The standard InChI is InChI=1S/C17H22N4O3/c1-22-15-11-16(23-2)20-17(19-15)21-9-5-13(6-10-21)12-24-14-3-7-18-8-4-14/h3-4,7-8,11,13H,5-6,9-10,12H2,1-2H3. The summed E-state index contributed by atoms with van der Waals surface area (Å²) in [5.74, 6) is 3.08. The summed E-state index contributed by atoms with van der Waals surface area (Å²) in [6, 6.07) is 5.44. The molecule has 0 atom stereocenters. The van der Waals surface area contributed by atoms with E-state index in [0.29, 0.717) is 23.6 Å². The zero-order chi connectivity index (χ0) is 16.8. The predicted molar refractivity (Wildman–Crippen MR) is 89.8 cm³/mol. The van der Waals surface area contributed by atoms with E-state index in [4.69, 9.17) is 14.2 Å². The third-order valence-corrected chi connectivity index (χ3v) is 4.12. The predicted octanol–water partition coefficient (Wildman–Crippen LogP) is 2.18. The van der Waals surface area contributed by atoms with Crippen LogP contribution in [0.5, 0.6) is 17.5 Å². The molecule has 0 spiro atoms. The van der Waals surface area contributed by atoms with Crippen LogP contribution in [0.25, 0.3) is 0 Å². The van der Waals surface area contributed by atoms with Crippen LogP contribution in [0.4, 0.5) is 5.95 Å². The first-order valence-electron chi connectivity index (χ1n) is 8.03. The van der Waals surface area contributed by atoms with Gasteiger partial charge in [-0.3, -0.25) is 4.98 Å². The van der Waals surface area contributed by atoms with E-state index in [0.717, 1.165) is 38.3 Å². The van der Waals surface area contributed by atoms with E-state index in [1.165, 1.54) is 0 Å². The molecule has 1 fully saturated rings. The van der Waals surface area contributed by atoms with Crippen molar-refractivity contribution in [3.63, 3.8) is 0 Å². The maximum atomic E-state index is 5.83. The van der Waals surface area contributed by atoms with Gasteiger partial charge in [-0.05, 0) is 30.9 Å². The highest BCUT2D eigenvalue weighted by Gasteiger charge is 2.22. The van der Waals surface area contributed by atoms with Gasteiger partial charge in [-0.25, -0.2) is 0 Å². The molecule has 7 heteroatoms. The molecular weight excluding hydrogens is 308 g/mol. The molecule has 2 aromatic heterocycles. The fourth-order valence-electron chi connectivity index (χ4n) is 2.69. The quantitative estimate of drug-likeness (QED) is 0.804. The van der Waals surface area contributed by atoms with Crippen molar-refractivity contribution < 1.29 is 14.2 Å². The van der Waals surface area contributed by atoms with Gasteiger partial charge in [0.05, 0.1) is 26.9 Å². The molecule has 1 aliphatic rings. The third-order valence-electron chi connectivity index (χ3n) is 4.12. The van der Waals surface area contributed by atoms with Crippen molar-refractivity contribution in [2.24, 2.45) is 5.92 Å². The largest absolute Gasteiger partial charge is 0.493 e. The third kappa shape index (κ3) is 4.04. The Morgan fingerprint density at radius 2 is 1.67 bits per heavy atom. The monoisotopic (exact) mass is 330 g/mol. The number of hydrogen-bond donors (Lipinski definition) is 0. The summed E-state index contributed by atoms with van der Waals surface area (Å²) in [6.07, 6.45) is 5.55. The van der Waals surface area contributed by atoms with Crippen LogP contribution in [0.15, 0.2) is 30.6 Å². The minimum absolute atomic E-state index is 0.514. The van der Waals surface area contributed by atoms with Crippen LogP contribution < -0.4 is 19.1 Å². The van der Waals surface area contributed by atoms with Crippen molar-refractivity contribution >= 4 is 5.95 Å². The molecule has 1 saturated heterocycles. The number of piperidine rings is 1. The molecule has 3 rings (SSSR count). The van der Waals surface area contributed by atoms with Crippen molar-refractivity contribution in [2.75, 3.05) is 38.8 Å². The Kier molecular flexibility index (Phi) is 5.30. The highest BCUT2D eigenvalue weighted by molar-refractivity contribution is 5.37. The average molecular weight is 330 g/mol. The molecule has 0 aromatic carbocycles. The van der Waals surface area contributed by atoms with E-state index in [9.17, 15) is 0 Å². The number of anilines is 1. The Hall–Kier alpha value is -2.57. The zero-order valence-electron chi connectivity index (χ0n) is 14.0. The molecule has 0 N–H and O–H groups in total. The van der Waals surface area contributed by atoms with E-state index in [1.807, 2.05) is 12.1 Å². The van der Waals surface area contributed by atoms with E-state index in [2.05, 4.69) is 19.9 Å². The molecule has 7 nitrogen and oxygen atoms in total. The summed E-state index contributed by atoms with van der Waals surface area (Å²) in [5, 5.41) is 0. The highest BCUT2D eigenvalue weighted by atomic mass is 16.5. The molecule has 0 saturated carbocycles. The minimum Gasteiger partial charge on any atom is -0.493 e. The lowest BCUT2D eigenvalue weighted by molar-refractivity contribution is 0.222. The second-order valence-electron chi connectivity index (χ2n) is 5.68. The molecule has 2 aromatic rings. The van der Waals surface area contributed by atoms with Gasteiger partial charge in [0.25, 0.3) is 0 Å². The Morgan fingerprint density at radius 3 is 2.25 bits per heavy atom. The van der Waals surface area contributed by atoms with Crippen LogP contribution in [0.3, 0.4) is 0 Å². The maximum Gasteiger partial charge on any atom is 0.231 e. The number of hydrogen-bond acceptors (Lipinski definition) is 7. The Balaban J connectivity index is 1.55. The molecule has 1 aliphatic heterocycles. The van der Waals surface area contributed by atoms with E-state index in [1.54, 1.807) is 32.7 Å². The lowest BCUT2D eigenvalue weighted by Gasteiger charge is -2.32. The number of rotatable bonds is 6. The van der Waals surface area contributed by atoms with Gasteiger partial charge in [-0.15, -0.1) is 0 Å². The molecule has 0 aliphatic carbocycles. The summed E-state index contributed by atoms with van der Waals surface area (Å²) in [6.45, 7) is 2.50. The Bertz CT molecular complexity index is 623. The molecule has 0 bridgehead atoms. The van der Waals surface area contributed by atoms with Crippen molar-refractivity contribution in [2.45, 2.75) is 12.8 Å². The minimum atomic E-state index is 0.514. The topological polar surface area (TPSA) is 69.6 Å². The van der Waals surface area contributed by atoms with Crippen molar-refractivity contribution in [1.29, 1.82) is 0 Å². The van der Waals surface area contributed by atoms with E-state index in [-0.39, 0.29) is 0 Å². The molecule has 24 heavy (non-hydrogen) atoms. The fraction of sp³-hybridized carbons (Fsp3) is 0.471. The van der Waals surface area contributed by atoms with Gasteiger partial charge in [0.15, 0.2) is 0 Å². The first-order valence-corrected chi connectivity index (χ1v) is 8.03. The summed E-state index contributed by atoms with van der Waals surface area (Å²) >= 11 is 0. The maximum absolute atomic E-state index is 5.83. The molecule has 128 valence electrons. The van der Waals surface area contributed by atoms with Crippen molar-refractivity contribution in [3.05, 3.63) is 30.6 Å². The van der Waals surface area contributed by atoms with Crippen LogP contribution in [0, 0.1) is 5.92 Å². The Morgan fingerprint density at radius 1 is 1.04 bits per heavy atom. The number of aromatic nitrogens is 3. The van der Waals surface area contributed by atoms with Crippen LogP contribution in [0.1, 0.15) is 12.8 Å². The second kappa shape index (κ2) is 7.81. The van der Waals surface area contributed by atoms with Crippen molar-refractivity contribution in [1.82, 2.24) is 15.0 Å². The van der Waals surface area contributed by atoms with Crippen LogP contribution in [-0.2, 0) is 0 Å². The summed E-state index contributed by atoms with van der Waals surface area (Å²) in [4.78, 5) is 15.0. The number of pyridine rings is 1. The smallest absolute Gasteiger partial charge is 0.231 e. The van der Waals surface area contributed by atoms with Gasteiger partial charge in [0.1, 0.15) is 5.75 Å². The first-order chi connectivity index (χ1) is 11.8. The Labute approximate surface area is 141 Å². The van der Waals surface area contributed by atoms with Crippen LogP contribution in [0.2, 0.25) is 0 Å². The average Bonchev–Trinajstić information content (AvgIpc) is 2.67. The lowest BCUT2D eigenvalue weighted by Crippen LogP contribution is -2.36. The normalized spacial score (nSPS) is 15.2. The zero-order valence-corrected chi connectivity index (χ0v) is 14.0. The number of nitrogens with zero attached hydrogens (tertiary/aromatic N) is 4. The van der Waals surface area contributed by atoms with Gasteiger partial charge in [0.2, 0.25) is 17.7 Å². The van der Waals surface area contributed by atoms with Gasteiger partial charge in [-0.1, -0.05) is 0 Å². The number of ether oxygens (including phenoxy) is 3. The van der Waals surface area contributed by atoms with Gasteiger partial charge < -0.3 is 19.1 Å². The van der Waals surface area contributed by atoms with Gasteiger partial charge in [0, 0.05) is 25.5 Å². The second-order valence-corrected chi connectivity index (χ2v) is 5.68. The van der Waals surface area contributed by atoms with Crippen molar-refractivity contribution in [3.8, 4) is 17.5 Å². The molecule has 0 amide bonds. The van der Waals surface area contributed by atoms with Gasteiger partial charge >= 0.3 is 0 Å². The summed E-state index contributed by atoms with van der Waals surface area (Å²) in [5.41, 5.74) is 0. The van der Waals surface area contributed by atoms with Gasteiger partial charge in [-0.2, -0.15) is 9.97 Å². The molecule has 0 radical (unpaired) electrons. The van der Waals surface area contributed by atoms with Crippen LogP contribution in [-0.4, -0.2) is 48.9 Å². The highest BCUT2D eigenvalue weighted by Crippen LogP contribution is 2.25. The lowest BCUT2D eigenvalue weighted by atomic mass is 9.98. The molecule has 0 unspecified atom stereocenters. The fourth-order valence-corrected chi connectivity index (χ4v) is 2.69. The van der Waals surface area contributed by atoms with E-state index < -0.39 is 0 Å². The van der Waals surface area contributed by atoms with Crippen LogP contribution >= 0.6 is 0 Å². The number of methoxy groups -OCH3 is 2. The summed E-state index contributed by atoms with van der Waals surface area (Å²) < 4.78 is 16.3. The summed E-state index contributed by atoms with van der Waals surface area (Å²) in [7, 11) is 3.18.